The molecule has 0 bridgehead atoms. The molecule has 0 aromatic carbocycles. The Kier molecular flexibility index (Phi) is 4.68. The number of amides is 2. The Bertz CT molecular complexity index is 478. The number of carbonyl (C=O) groups excluding carboxylic acids is 2. The predicted molar refractivity (Wildman–Crippen MR) is 74.6 cm³/mol. The Morgan fingerprint density at radius 3 is 2.50 bits per heavy atom. The highest BCUT2D eigenvalue weighted by Gasteiger charge is 2.25. The molecule has 108 valence electrons. The van der Waals surface area contributed by atoms with E-state index in [9.17, 15) is 9.59 Å². The van der Waals surface area contributed by atoms with Gasteiger partial charge in [0.15, 0.2) is 0 Å². The average molecular weight is 276 g/mol. The number of primary amides is 1. The highest BCUT2D eigenvalue weighted by atomic mass is 16.2. The average Bonchev–Trinajstić information content (AvgIpc) is 2.47. The molecule has 6 nitrogen and oxygen atoms in total. The molecule has 2 heterocycles. The first-order chi connectivity index (χ1) is 9.60. The number of carbonyl (C=O) groups is 2. The van der Waals surface area contributed by atoms with Gasteiger partial charge in [0.2, 0.25) is 5.91 Å². The number of aromatic nitrogens is 1. The van der Waals surface area contributed by atoms with Gasteiger partial charge in [-0.2, -0.15) is 0 Å². The molecule has 1 fully saturated rings. The lowest BCUT2D eigenvalue weighted by atomic mass is 9.93. The van der Waals surface area contributed by atoms with Crippen LogP contribution in [0, 0.1) is 5.92 Å². The number of rotatable bonds is 4. The van der Waals surface area contributed by atoms with Crippen molar-refractivity contribution in [2.24, 2.45) is 17.4 Å². The fourth-order valence-electron chi connectivity index (χ4n) is 2.46. The van der Waals surface area contributed by atoms with E-state index < -0.39 is 0 Å². The van der Waals surface area contributed by atoms with E-state index in [4.69, 9.17) is 11.5 Å². The molecule has 0 radical (unpaired) electrons. The zero-order chi connectivity index (χ0) is 14.5. The maximum Gasteiger partial charge on any atom is 0.272 e. The van der Waals surface area contributed by atoms with E-state index in [0.717, 1.165) is 18.4 Å². The Morgan fingerprint density at radius 1 is 1.30 bits per heavy atom. The molecule has 1 aromatic rings. The summed E-state index contributed by atoms with van der Waals surface area (Å²) in [6, 6.07) is 3.53. The molecular weight excluding hydrogens is 256 g/mol. The van der Waals surface area contributed by atoms with Crippen LogP contribution in [0.1, 0.15) is 35.3 Å². The Morgan fingerprint density at radius 2 is 2.00 bits per heavy atom. The highest BCUT2D eigenvalue weighted by Crippen LogP contribution is 2.21. The molecular formula is C14H20N4O2. The molecule has 2 amide bonds. The summed E-state index contributed by atoms with van der Waals surface area (Å²) in [7, 11) is 0. The third kappa shape index (κ3) is 3.54. The van der Waals surface area contributed by atoms with Gasteiger partial charge in [0.05, 0.1) is 0 Å². The minimum absolute atomic E-state index is 0.0638. The second kappa shape index (κ2) is 6.47. The van der Waals surface area contributed by atoms with Crippen LogP contribution in [0.4, 0.5) is 0 Å². The summed E-state index contributed by atoms with van der Waals surface area (Å²) in [5, 5.41) is 0. The van der Waals surface area contributed by atoms with Crippen molar-refractivity contribution in [2.75, 3.05) is 13.1 Å². The monoisotopic (exact) mass is 276 g/mol. The molecule has 1 aromatic heterocycles. The SMILES string of the molecule is NCc1ccc(C(=O)N2CCC(CC(N)=O)CC2)nc1. The van der Waals surface area contributed by atoms with Gasteiger partial charge < -0.3 is 16.4 Å². The number of nitrogens with two attached hydrogens (primary N) is 2. The van der Waals surface area contributed by atoms with Gasteiger partial charge in [-0.05, 0) is 30.4 Å². The van der Waals surface area contributed by atoms with E-state index in [2.05, 4.69) is 4.98 Å². The van der Waals surface area contributed by atoms with Gasteiger partial charge in [0, 0.05) is 32.3 Å². The first-order valence-corrected chi connectivity index (χ1v) is 6.82. The topological polar surface area (TPSA) is 102 Å². The largest absolute Gasteiger partial charge is 0.370 e. The van der Waals surface area contributed by atoms with Crippen molar-refractivity contribution in [2.45, 2.75) is 25.8 Å². The molecule has 1 saturated heterocycles. The Hall–Kier alpha value is -1.95. The number of piperidine rings is 1. The molecule has 20 heavy (non-hydrogen) atoms. The van der Waals surface area contributed by atoms with Gasteiger partial charge in [-0.3, -0.25) is 14.6 Å². The molecule has 0 unspecified atom stereocenters. The molecule has 2 rings (SSSR count). The van der Waals surface area contributed by atoms with E-state index >= 15 is 0 Å². The second-order valence-electron chi connectivity index (χ2n) is 5.16. The summed E-state index contributed by atoms with van der Waals surface area (Å²) in [6.07, 6.45) is 3.67. The standard InChI is InChI=1S/C14H20N4O2/c15-8-11-1-2-12(17-9-11)14(20)18-5-3-10(4-6-18)7-13(16)19/h1-2,9-10H,3-8,15H2,(H2,16,19). The minimum atomic E-state index is -0.270. The van der Waals surface area contributed by atoms with E-state index in [1.165, 1.54) is 0 Å². The van der Waals surface area contributed by atoms with E-state index in [0.29, 0.717) is 37.7 Å². The second-order valence-corrected chi connectivity index (χ2v) is 5.16. The van der Waals surface area contributed by atoms with Gasteiger partial charge in [0.1, 0.15) is 5.69 Å². The maximum atomic E-state index is 12.3. The van der Waals surface area contributed by atoms with Crippen molar-refractivity contribution in [1.82, 2.24) is 9.88 Å². The molecule has 6 heteroatoms. The fourth-order valence-corrected chi connectivity index (χ4v) is 2.46. The molecule has 0 atom stereocenters. The van der Waals surface area contributed by atoms with E-state index in [1.54, 1.807) is 17.2 Å². The van der Waals surface area contributed by atoms with Gasteiger partial charge in [-0.1, -0.05) is 6.07 Å². The molecule has 0 saturated carbocycles. The zero-order valence-electron chi connectivity index (χ0n) is 11.4. The zero-order valence-corrected chi connectivity index (χ0v) is 11.4. The van der Waals surface area contributed by atoms with Crippen molar-refractivity contribution < 1.29 is 9.59 Å². The highest BCUT2D eigenvalue weighted by molar-refractivity contribution is 5.92. The van der Waals surface area contributed by atoms with Crippen LogP contribution in [0.5, 0.6) is 0 Å². The van der Waals surface area contributed by atoms with Gasteiger partial charge in [-0.15, -0.1) is 0 Å². The summed E-state index contributed by atoms with van der Waals surface area (Å²) in [5.41, 5.74) is 12.0. The molecule has 1 aliphatic heterocycles. The van der Waals surface area contributed by atoms with Crippen LogP contribution in [-0.4, -0.2) is 34.8 Å². The number of nitrogens with zero attached hydrogens (tertiary/aromatic N) is 2. The Balaban J connectivity index is 1.92. The lowest BCUT2D eigenvalue weighted by Crippen LogP contribution is -2.39. The first-order valence-electron chi connectivity index (χ1n) is 6.82. The smallest absolute Gasteiger partial charge is 0.272 e. The van der Waals surface area contributed by atoms with Crippen molar-refractivity contribution in [1.29, 1.82) is 0 Å². The van der Waals surface area contributed by atoms with Gasteiger partial charge in [-0.25, -0.2) is 0 Å². The summed E-state index contributed by atoms with van der Waals surface area (Å²) < 4.78 is 0. The lowest BCUT2D eigenvalue weighted by Gasteiger charge is -2.31. The number of likely N-dealkylation sites (tertiary alicyclic amines) is 1. The van der Waals surface area contributed by atoms with E-state index in [1.807, 2.05) is 6.07 Å². The van der Waals surface area contributed by atoms with Crippen molar-refractivity contribution in [3.05, 3.63) is 29.6 Å². The number of hydrogen-bond acceptors (Lipinski definition) is 4. The molecule has 0 spiro atoms. The van der Waals surface area contributed by atoms with Crippen LogP contribution in [0.2, 0.25) is 0 Å². The third-order valence-electron chi connectivity index (χ3n) is 3.67. The molecule has 4 N–H and O–H groups in total. The van der Waals surface area contributed by atoms with Crippen molar-refractivity contribution in [3.63, 3.8) is 0 Å². The number of hydrogen-bond donors (Lipinski definition) is 2. The Labute approximate surface area is 118 Å². The van der Waals surface area contributed by atoms with Crippen LogP contribution < -0.4 is 11.5 Å². The summed E-state index contributed by atoms with van der Waals surface area (Å²) in [4.78, 5) is 29.1. The maximum absolute atomic E-state index is 12.3. The van der Waals surface area contributed by atoms with Crippen LogP contribution in [0.15, 0.2) is 18.3 Å². The predicted octanol–water partition coefficient (Wildman–Crippen LogP) is 0.268. The van der Waals surface area contributed by atoms with Crippen LogP contribution in [0.25, 0.3) is 0 Å². The quantitative estimate of drug-likeness (QED) is 0.823. The summed E-state index contributed by atoms with van der Waals surface area (Å²) in [6.45, 7) is 1.72. The summed E-state index contributed by atoms with van der Waals surface area (Å²) in [5.74, 6) is -0.0379. The summed E-state index contributed by atoms with van der Waals surface area (Å²) >= 11 is 0. The number of pyridine rings is 1. The molecule has 0 aliphatic carbocycles. The van der Waals surface area contributed by atoms with Gasteiger partial charge in [0.25, 0.3) is 5.91 Å². The van der Waals surface area contributed by atoms with Crippen molar-refractivity contribution >= 4 is 11.8 Å². The molecule has 1 aliphatic rings. The first kappa shape index (κ1) is 14.5. The van der Waals surface area contributed by atoms with Gasteiger partial charge >= 0.3 is 0 Å². The normalized spacial score (nSPS) is 16.1. The minimum Gasteiger partial charge on any atom is -0.370 e. The van der Waals surface area contributed by atoms with Crippen LogP contribution in [0.3, 0.4) is 0 Å². The fraction of sp³-hybridized carbons (Fsp3) is 0.500. The van der Waals surface area contributed by atoms with Crippen LogP contribution in [-0.2, 0) is 11.3 Å². The van der Waals surface area contributed by atoms with Crippen LogP contribution >= 0.6 is 0 Å². The van der Waals surface area contributed by atoms with Crippen molar-refractivity contribution in [3.8, 4) is 0 Å². The lowest BCUT2D eigenvalue weighted by molar-refractivity contribution is -0.119. The van der Waals surface area contributed by atoms with E-state index in [-0.39, 0.29) is 11.8 Å². The third-order valence-corrected chi connectivity index (χ3v) is 3.67.